The molecule has 0 atom stereocenters. The molecule has 1 aliphatic heterocycles. The molecular formula is C10H12N2O. The molecule has 0 unspecified atom stereocenters. The number of rotatable bonds is 2. The van der Waals surface area contributed by atoms with E-state index in [9.17, 15) is 4.79 Å². The zero-order valence-electron chi connectivity index (χ0n) is 7.29. The maximum atomic E-state index is 11.5. The third-order valence-electron chi connectivity index (χ3n) is 2.15. The van der Waals surface area contributed by atoms with E-state index < -0.39 is 0 Å². The second-order valence-corrected chi connectivity index (χ2v) is 3.19. The number of carbonyl (C=O) groups is 1. The van der Waals surface area contributed by atoms with Crippen molar-refractivity contribution in [2.75, 3.05) is 13.1 Å². The quantitative estimate of drug-likeness (QED) is 0.684. The van der Waals surface area contributed by atoms with Gasteiger partial charge in [0.2, 0.25) is 0 Å². The van der Waals surface area contributed by atoms with Crippen molar-refractivity contribution in [3.8, 4) is 0 Å². The first kappa shape index (κ1) is 8.26. The van der Waals surface area contributed by atoms with Crippen molar-refractivity contribution in [3.05, 3.63) is 35.9 Å². The second-order valence-electron chi connectivity index (χ2n) is 3.19. The monoisotopic (exact) mass is 176 g/mol. The standard InChI is InChI=1S/C10H12N2O/c13-10(12-9-6-11-7-9)8-4-2-1-3-5-8/h1-5,9,11H,6-7H2,(H,12,13). The van der Waals surface area contributed by atoms with Crippen LogP contribution < -0.4 is 10.6 Å². The van der Waals surface area contributed by atoms with Crippen LogP contribution in [0, 0.1) is 0 Å². The van der Waals surface area contributed by atoms with Gasteiger partial charge in [-0.05, 0) is 12.1 Å². The van der Waals surface area contributed by atoms with Crippen molar-refractivity contribution in [2.24, 2.45) is 0 Å². The van der Waals surface area contributed by atoms with Crippen LogP contribution in [0.5, 0.6) is 0 Å². The molecule has 2 rings (SSSR count). The van der Waals surface area contributed by atoms with E-state index in [-0.39, 0.29) is 5.91 Å². The molecule has 1 aliphatic rings. The molecule has 1 aromatic carbocycles. The summed E-state index contributed by atoms with van der Waals surface area (Å²) in [6, 6.07) is 9.60. The molecule has 1 fully saturated rings. The normalized spacial score (nSPS) is 16.3. The van der Waals surface area contributed by atoms with E-state index in [1.165, 1.54) is 0 Å². The summed E-state index contributed by atoms with van der Waals surface area (Å²) in [5, 5.41) is 6.03. The topological polar surface area (TPSA) is 41.1 Å². The van der Waals surface area contributed by atoms with Gasteiger partial charge in [-0.25, -0.2) is 0 Å². The SMILES string of the molecule is O=C(NC1CNC1)c1ccccc1. The lowest BCUT2D eigenvalue weighted by atomic mass is 10.1. The molecule has 0 radical (unpaired) electrons. The Morgan fingerprint density at radius 2 is 2.00 bits per heavy atom. The predicted molar refractivity (Wildman–Crippen MR) is 50.6 cm³/mol. The Labute approximate surface area is 77.1 Å². The molecule has 0 saturated carbocycles. The van der Waals surface area contributed by atoms with Gasteiger partial charge in [0, 0.05) is 18.7 Å². The van der Waals surface area contributed by atoms with Gasteiger partial charge in [-0.1, -0.05) is 18.2 Å². The Morgan fingerprint density at radius 3 is 2.54 bits per heavy atom. The molecule has 1 amide bonds. The highest BCUT2D eigenvalue weighted by Gasteiger charge is 2.18. The van der Waals surface area contributed by atoms with Gasteiger partial charge in [0.05, 0.1) is 6.04 Å². The lowest BCUT2D eigenvalue weighted by molar-refractivity contribution is 0.0924. The minimum Gasteiger partial charge on any atom is -0.347 e. The van der Waals surface area contributed by atoms with E-state index in [1.54, 1.807) is 0 Å². The van der Waals surface area contributed by atoms with E-state index in [0.717, 1.165) is 18.7 Å². The van der Waals surface area contributed by atoms with Crippen LogP contribution in [-0.2, 0) is 0 Å². The highest BCUT2D eigenvalue weighted by molar-refractivity contribution is 5.94. The Morgan fingerprint density at radius 1 is 1.31 bits per heavy atom. The maximum Gasteiger partial charge on any atom is 0.251 e. The van der Waals surface area contributed by atoms with Gasteiger partial charge in [0.1, 0.15) is 0 Å². The van der Waals surface area contributed by atoms with Crippen LogP contribution in [0.4, 0.5) is 0 Å². The molecule has 3 heteroatoms. The second kappa shape index (κ2) is 3.58. The smallest absolute Gasteiger partial charge is 0.251 e. The largest absolute Gasteiger partial charge is 0.347 e. The van der Waals surface area contributed by atoms with Crippen molar-refractivity contribution in [1.82, 2.24) is 10.6 Å². The van der Waals surface area contributed by atoms with E-state index >= 15 is 0 Å². The summed E-state index contributed by atoms with van der Waals surface area (Å²) in [7, 11) is 0. The maximum absolute atomic E-state index is 11.5. The fourth-order valence-corrected chi connectivity index (χ4v) is 1.25. The molecule has 0 aromatic heterocycles. The molecule has 0 aliphatic carbocycles. The summed E-state index contributed by atoms with van der Waals surface area (Å²) in [6.45, 7) is 1.77. The number of hydrogen-bond donors (Lipinski definition) is 2. The third kappa shape index (κ3) is 1.87. The van der Waals surface area contributed by atoms with E-state index in [2.05, 4.69) is 10.6 Å². The molecular weight excluding hydrogens is 164 g/mol. The van der Waals surface area contributed by atoms with Crippen molar-refractivity contribution >= 4 is 5.91 Å². The molecule has 2 N–H and O–H groups in total. The van der Waals surface area contributed by atoms with Gasteiger partial charge in [-0.15, -0.1) is 0 Å². The zero-order valence-corrected chi connectivity index (χ0v) is 7.29. The average molecular weight is 176 g/mol. The van der Waals surface area contributed by atoms with Gasteiger partial charge < -0.3 is 10.6 Å². The minimum atomic E-state index is 0.0205. The lowest BCUT2D eigenvalue weighted by Crippen LogP contribution is -2.56. The highest BCUT2D eigenvalue weighted by atomic mass is 16.1. The van der Waals surface area contributed by atoms with E-state index in [0.29, 0.717) is 6.04 Å². The molecule has 0 spiro atoms. The van der Waals surface area contributed by atoms with Crippen LogP contribution in [0.2, 0.25) is 0 Å². The number of hydrogen-bond acceptors (Lipinski definition) is 2. The molecule has 3 nitrogen and oxygen atoms in total. The summed E-state index contributed by atoms with van der Waals surface area (Å²) in [4.78, 5) is 11.5. The van der Waals surface area contributed by atoms with Crippen LogP contribution in [0.3, 0.4) is 0 Å². The Balaban J connectivity index is 1.97. The van der Waals surface area contributed by atoms with Gasteiger partial charge in [0.15, 0.2) is 0 Å². The summed E-state index contributed by atoms with van der Waals surface area (Å²) in [5.41, 5.74) is 0.731. The first-order valence-electron chi connectivity index (χ1n) is 4.43. The Bertz CT molecular complexity index is 293. The third-order valence-corrected chi connectivity index (χ3v) is 2.15. The van der Waals surface area contributed by atoms with Crippen molar-refractivity contribution in [1.29, 1.82) is 0 Å². The van der Waals surface area contributed by atoms with Gasteiger partial charge in [-0.3, -0.25) is 4.79 Å². The summed E-state index contributed by atoms with van der Waals surface area (Å²) < 4.78 is 0. The molecule has 68 valence electrons. The summed E-state index contributed by atoms with van der Waals surface area (Å²) in [6.07, 6.45) is 0. The molecule has 0 bridgehead atoms. The fourth-order valence-electron chi connectivity index (χ4n) is 1.25. The first-order valence-corrected chi connectivity index (χ1v) is 4.43. The number of carbonyl (C=O) groups excluding carboxylic acids is 1. The average Bonchev–Trinajstić information content (AvgIpc) is 2.12. The molecule has 1 aromatic rings. The van der Waals surface area contributed by atoms with Crippen LogP contribution in [0.1, 0.15) is 10.4 Å². The predicted octanol–water partition coefficient (Wildman–Crippen LogP) is 0.388. The van der Waals surface area contributed by atoms with E-state index in [1.807, 2.05) is 30.3 Å². The molecule has 1 saturated heterocycles. The van der Waals surface area contributed by atoms with Crippen molar-refractivity contribution in [3.63, 3.8) is 0 Å². The van der Waals surface area contributed by atoms with Crippen LogP contribution >= 0.6 is 0 Å². The van der Waals surface area contributed by atoms with Gasteiger partial charge in [0.25, 0.3) is 5.91 Å². The number of nitrogens with one attached hydrogen (secondary N) is 2. The van der Waals surface area contributed by atoms with Crippen LogP contribution in [0.25, 0.3) is 0 Å². The van der Waals surface area contributed by atoms with Crippen LogP contribution in [-0.4, -0.2) is 25.0 Å². The highest BCUT2D eigenvalue weighted by Crippen LogP contribution is 2.00. The zero-order chi connectivity index (χ0) is 9.10. The molecule has 13 heavy (non-hydrogen) atoms. The molecule has 1 heterocycles. The number of amides is 1. The fraction of sp³-hybridized carbons (Fsp3) is 0.300. The Kier molecular flexibility index (Phi) is 2.27. The summed E-state index contributed by atoms with van der Waals surface area (Å²) in [5.74, 6) is 0.0205. The first-order chi connectivity index (χ1) is 6.36. The van der Waals surface area contributed by atoms with Crippen LogP contribution in [0.15, 0.2) is 30.3 Å². The Hall–Kier alpha value is -1.35. The van der Waals surface area contributed by atoms with Gasteiger partial charge >= 0.3 is 0 Å². The summed E-state index contributed by atoms with van der Waals surface area (Å²) >= 11 is 0. The van der Waals surface area contributed by atoms with E-state index in [4.69, 9.17) is 0 Å². The minimum absolute atomic E-state index is 0.0205. The number of benzene rings is 1. The van der Waals surface area contributed by atoms with Gasteiger partial charge in [-0.2, -0.15) is 0 Å². The lowest BCUT2D eigenvalue weighted by Gasteiger charge is -2.27. The van der Waals surface area contributed by atoms with Crippen molar-refractivity contribution < 1.29 is 4.79 Å². The van der Waals surface area contributed by atoms with Crippen molar-refractivity contribution in [2.45, 2.75) is 6.04 Å².